The van der Waals surface area contributed by atoms with Gasteiger partial charge in [0.2, 0.25) is 15.9 Å². The number of benzene rings is 2. The molecule has 0 bridgehead atoms. The average molecular weight is 458 g/mol. The normalized spacial score (nSPS) is 17.4. The van der Waals surface area contributed by atoms with Crippen molar-refractivity contribution >= 4 is 38.5 Å². The fourth-order valence-corrected chi connectivity index (χ4v) is 5.40. The Morgan fingerprint density at radius 3 is 2.69 bits per heavy atom. The van der Waals surface area contributed by atoms with Crippen LogP contribution in [0.3, 0.4) is 0 Å². The molecule has 2 aromatic carbocycles. The van der Waals surface area contributed by atoms with Crippen LogP contribution in [-0.4, -0.2) is 42.1 Å². The Hall–Kier alpha value is -3.24. The van der Waals surface area contributed by atoms with Gasteiger partial charge in [0.25, 0.3) is 0 Å². The summed E-state index contributed by atoms with van der Waals surface area (Å²) in [4.78, 5) is 36.1. The third kappa shape index (κ3) is 4.11. The third-order valence-electron chi connectivity index (χ3n) is 5.69. The first kappa shape index (κ1) is 22.0. The molecule has 32 heavy (non-hydrogen) atoms. The lowest BCUT2D eigenvalue weighted by Crippen LogP contribution is -2.43. The smallest absolute Gasteiger partial charge is 0.408 e. The van der Waals surface area contributed by atoms with Gasteiger partial charge in [-0.2, -0.15) is 4.31 Å². The number of Topliss-reactive ketones (excluding diaryl/α,β-unsaturated/α-hetero) is 1. The molecule has 1 aliphatic heterocycles. The summed E-state index contributed by atoms with van der Waals surface area (Å²) in [6, 6.07) is 10.9. The summed E-state index contributed by atoms with van der Waals surface area (Å²) < 4.78 is 34.1. The standard InChI is InChI=1S/C22H23N3O6S/c1-14(26)15-5-3-7-17(11-15)23-21(27)16-6-4-10-25(13-16)32(29,30)18-8-9-19-20(12-18)31-22(28)24(19)2/h3,5,7-9,11-12,16H,4,6,10,13H2,1-2H3,(H,23,27). The van der Waals surface area contributed by atoms with E-state index in [0.717, 1.165) is 0 Å². The number of ketones is 1. The molecule has 1 aromatic heterocycles. The number of rotatable bonds is 5. The lowest BCUT2D eigenvalue weighted by atomic mass is 9.98. The number of carbonyl (C=O) groups excluding carboxylic acids is 2. The van der Waals surface area contributed by atoms with Crippen LogP contribution in [0.25, 0.3) is 11.1 Å². The fraction of sp³-hybridized carbons (Fsp3) is 0.318. The van der Waals surface area contributed by atoms with Crippen LogP contribution >= 0.6 is 0 Å². The van der Waals surface area contributed by atoms with E-state index < -0.39 is 21.7 Å². The monoisotopic (exact) mass is 457 g/mol. The van der Waals surface area contributed by atoms with Gasteiger partial charge >= 0.3 is 5.76 Å². The predicted octanol–water partition coefficient (Wildman–Crippen LogP) is 2.37. The van der Waals surface area contributed by atoms with Crippen molar-refractivity contribution in [2.24, 2.45) is 13.0 Å². The molecule has 1 N–H and O–H groups in total. The molecule has 0 aliphatic carbocycles. The first-order valence-corrected chi connectivity index (χ1v) is 11.6. The third-order valence-corrected chi connectivity index (χ3v) is 7.55. The number of aromatic nitrogens is 1. The zero-order valence-corrected chi connectivity index (χ0v) is 18.5. The van der Waals surface area contributed by atoms with Crippen molar-refractivity contribution < 1.29 is 22.4 Å². The van der Waals surface area contributed by atoms with Crippen molar-refractivity contribution in [1.82, 2.24) is 8.87 Å². The first-order valence-electron chi connectivity index (χ1n) is 10.2. The average Bonchev–Trinajstić information content (AvgIpc) is 3.07. The number of oxazole rings is 1. The van der Waals surface area contributed by atoms with Gasteiger partial charge in [0.1, 0.15) is 0 Å². The number of hydrogen-bond acceptors (Lipinski definition) is 6. The maximum atomic E-state index is 13.2. The number of carbonyl (C=O) groups is 2. The Morgan fingerprint density at radius 2 is 1.94 bits per heavy atom. The Bertz CT molecular complexity index is 1370. The van der Waals surface area contributed by atoms with Crippen molar-refractivity contribution in [3.8, 4) is 0 Å². The zero-order valence-electron chi connectivity index (χ0n) is 17.7. The zero-order chi connectivity index (χ0) is 23.0. The molecule has 0 radical (unpaired) electrons. The molecule has 1 unspecified atom stereocenters. The molecule has 1 saturated heterocycles. The van der Waals surface area contributed by atoms with E-state index in [-0.39, 0.29) is 28.7 Å². The van der Waals surface area contributed by atoms with Crippen molar-refractivity contribution in [1.29, 1.82) is 0 Å². The molecule has 1 fully saturated rings. The van der Waals surface area contributed by atoms with E-state index in [4.69, 9.17) is 4.42 Å². The number of fused-ring (bicyclic) bond motifs is 1. The largest absolute Gasteiger partial charge is 0.419 e. The van der Waals surface area contributed by atoms with Crippen LogP contribution in [0.4, 0.5) is 5.69 Å². The number of anilines is 1. The van der Waals surface area contributed by atoms with Crippen LogP contribution in [-0.2, 0) is 21.9 Å². The van der Waals surface area contributed by atoms with Crippen LogP contribution in [0.5, 0.6) is 0 Å². The molecule has 0 spiro atoms. The highest BCUT2D eigenvalue weighted by Gasteiger charge is 2.33. The molecule has 10 heteroatoms. The van der Waals surface area contributed by atoms with Crippen molar-refractivity contribution in [3.63, 3.8) is 0 Å². The number of amides is 1. The van der Waals surface area contributed by atoms with Gasteiger partial charge in [-0.25, -0.2) is 13.2 Å². The van der Waals surface area contributed by atoms with Crippen LogP contribution in [0.15, 0.2) is 56.6 Å². The fourth-order valence-electron chi connectivity index (χ4n) is 3.86. The summed E-state index contributed by atoms with van der Waals surface area (Å²) in [5, 5.41) is 2.79. The van der Waals surface area contributed by atoms with Gasteiger partial charge in [-0.3, -0.25) is 14.2 Å². The second kappa shape index (κ2) is 8.36. The molecule has 0 saturated carbocycles. The van der Waals surface area contributed by atoms with Gasteiger partial charge in [-0.15, -0.1) is 0 Å². The van der Waals surface area contributed by atoms with Crippen LogP contribution < -0.4 is 11.1 Å². The van der Waals surface area contributed by atoms with Crippen molar-refractivity contribution in [3.05, 3.63) is 58.6 Å². The van der Waals surface area contributed by atoms with Crippen molar-refractivity contribution in [2.45, 2.75) is 24.7 Å². The molecular formula is C22H23N3O6S. The van der Waals surface area contributed by atoms with Crippen LogP contribution in [0, 0.1) is 5.92 Å². The van der Waals surface area contributed by atoms with Gasteiger partial charge < -0.3 is 9.73 Å². The second-order valence-electron chi connectivity index (χ2n) is 7.88. The predicted molar refractivity (Wildman–Crippen MR) is 118 cm³/mol. The molecule has 168 valence electrons. The quantitative estimate of drug-likeness (QED) is 0.588. The summed E-state index contributed by atoms with van der Waals surface area (Å²) in [6.45, 7) is 1.78. The summed E-state index contributed by atoms with van der Waals surface area (Å²) in [5.41, 5.74) is 1.67. The number of nitrogens with zero attached hydrogens (tertiary/aromatic N) is 2. The number of aryl methyl sites for hydroxylation is 1. The van der Waals surface area contributed by atoms with E-state index in [1.165, 1.54) is 34.0 Å². The lowest BCUT2D eigenvalue weighted by Gasteiger charge is -2.31. The van der Waals surface area contributed by atoms with Crippen molar-refractivity contribution in [2.75, 3.05) is 18.4 Å². The molecule has 2 heterocycles. The van der Waals surface area contributed by atoms with Gasteiger partial charge in [0, 0.05) is 37.5 Å². The highest BCUT2D eigenvalue weighted by Crippen LogP contribution is 2.27. The minimum Gasteiger partial charge on any atom is -0.408 e. The molecule has 4 rings (SSSR count). The van der Waals surface area contributed by atoms with Gasteiger partial charge in [0.05, 0.1) is 16.3 Å². The summed E-state index contributed by atoms with van der Waals surface area (Å²) >= 11 is 0. The molecule has 1 atom stereocenters. The molecule has 1 aliphatic rings. The molecule has 9 nitrogen and oxygen atoms in total. The molecule has 3 aromatic rings. The Kier molecular flexibility index (Phi) is 5.74. The Morgan fingerprint density at radius 1 is 1.16 bits per heavy atom. The molecular weight excluding hydrogens is 434 g/mol. The van der Waals surface area contributed by atoms with Gasteiger partial charge in [-0.1, -0.05) is 12.1 Å². The number of hydrogen-bond donors (Lipinski definition) is 1. The van der Waals surface area contributed by atoms with E-state index >= 15 is 0 Å². The minimum absolute atomic E-state index is 0.00886. The highest BCUT2D eigenvalue weighted by molar-refractivity contribution is 7.89. The highest BCUT2D eigenvalue weighted by atomic mass is 32.2. The van der Waals surface area contributed by atoms with E-state index in [2.05, 4.69) is 5.32 Å². The number of piperidine rings is 1. The first-order chi connectivity index (χ1) is 15.2. The van der Waals surface area contributed by atoms with E-state index in [9.17, 15) is 22.8 Å². The van der Waals surface area contributed by atoms with E-state index in [1.807, 2.05) is 0 Å². The Labute approximate surface area is 184 Å². The van der Waals surface area contributed by atoms with Gasteiger partial charge in [-0.05, 0) is 44.0 Å². The van der Waals surface area contributed by atoms with E-state index in [0.29, 0.717) is 36.2 Å². The minimum atomic E-state index is -3.88. The summed E-state index contributed by atoms with van der Waals surface area (Å²) in [5.74, 6) is -1.51. The van der Waals surface area contributed by atoms with E-state index in [1.54, 1.807) is 31.3 Å². The summed E-state index contributed by atoms with van der Waals surface area (Å²) in [6.07, 6.45) is 1.09. The molecule has 1 amide bonds. The number of nitrogens with one attached hydrogen (secondary N) is 1. The topological polar surface area (TPSA) is 119 Å². The SMILES string of the molecule is CC(=O)c1cccc(NC(=O)C2CCCN(S(=O)(=O)c3ccc4c(c3)oc(=O)n4C)C2)c1. The maximum Gasteiger partial charge on any atom is 0.419 e. The maximum absolute atomic E-state index is 13.2. The van der Waals surface area contributed by atoms with Crippen LogP contribution in [0.2, 0.25) is 0 Å². The summed E-state index contributed by atoms with van der Waals surface area (Å²) in [7, 11) is -2.33. The van der Waals surface area contributed by atoms with Crippen LogP contribution in [0.1, 0.15) is 30.1 Å². The number of sulfonamides is 1. The Balaban J connectivity index is 1.53. The lowest BCUT2D eigenvalue weighted by molar-refractivity contribution is -0.120. The second-order valence-corrected chi connectivity index (χ2v) is 9.82. The van der Waals surface area contributed by atoms with Gasteiger partial charge in [0.15, 0.2) is 11.4 Å².